The van der Waals surface area contributed by atoms with Crippen LogP contribution in [-0.2, 0) is 6.54 Å². The van der Waals surface area contributed by atoms with Crippen molar-refractivity contribution in [2.24, 2.45) is 0 Å². The predicted molar refractivity (Wildman–Crippen MR) is 153 cm³/mol. The van der Waals surface area contributed by atoms with Gasteiger partial charge in [0.25, 0.3) is 17.8 Å². The zero-order chi connectivity index (χ0) is 31.1. The summed E-state index contributed by atoms with van der Waals surface area (Å²) in [5.41, 5.74) is 2.66. The number of nitrogens with zero attached hydrogens (tertiary/aromatic N) is 4. The number of tetrazole rings is 1. The van der Waals surface area contributed by atoms with Crippen LogP contribution in [0.25, 0.3) is 0 Å². The summed E-state index contributed by atoms with van der Waals surface area (Å²) in [4.78, 5) is 40.2. The summed E-state index contributed by atoms with van der Waals surface area (Å²) in [7, 11) is 0. The van der Waals surface area contributed by atoms with Crippen LogP contribution in [0.2, 0.25) is 0 Å². The fourth-order valence-electron chi connectivity index (χ4n) is 5.02. The highest BCUT2D eigenvalue weighted by atomic mass is 19.4. The van der Waals surface area contributed by atoms with Gasteiger partial charge in [0.1, 0.15) is 5.75 Å². The largest absolute Gasteiger partial charge is 0.573 e. The smallest absolute Gasteiger partial charge is 0.406 e. The molecule has 0 aliphatic heterocycles. The Morgan fingerprint density at radius 2 is 1.50 bits per heavy atom. The van der Waals surface area contributed by atoms with Gasteiger partial charge in [-0.3, -0.25) is 25.1 Å². The summed E-state index contributed by atoms with van der Waals surface area (Å²) in [5, 5.41) is 17.8. The van der Waals surface area contributed by atoms with Crippen molar-refractivity contribution in [1.82, 2.24) is 25.9 Å². The summed E-state index contributed by atoms with van der Waals surface area (Å²) in [5.74, 6) is -1.27. The maximum absolute atomic E-state index is 13.5. The van der Waals surface area contributed by atoms with E-state index in [1.165, 1.54) is 29.7 Å². The molecule has 1 fully saturated rings. The lowest BCUT2D eigenvalue weighted by Gasteiger charge is -2.25. The number of aromatic amines is 1. The van der Waals surface area contributed by atoms with Crippen molar-refractivity contribution in [2.45, 2.75) is 50.9 Å². The number of nitrogens with one attached hydrogen (secondary N) is 3. The van der Waals surface area contributed by atoms with E-state index >= 15 is 0 Å². The molecule has 228 valence electrons. The quantitative estimate of drug-likeness (QED) is 0.225. The Labute approximate surface area is 249 Å². The predicted octanol–water partition coefficient (Wildman–Crippen LogP) is 5.95. The first kappa shape index (κ1) is 30.2. The van der Waals surface area contributed by atoms with Crippen LogP contribution in [0.15, 0.2) is 72.8 Å². The molecule has 14 heteroatoms. The van der Waals surface area contributed by atoms with E-state index in [1.807, 2.05) is 24.3 Å². The van der Waals surface area contributed by atoms with Gasteiger partial charge in [0.15, 0.2) is 0 Å². The van der Waals surface area contributed by atoms with E-state index in [4.69, 9.17) is 0 Å². The van der Waals surface area contributed by atoms with Crippen LogP contribution in [0.1, 0.15) is 69.9 Å². The van der Waals surface area contributed by atoms with Crippen molar-refractivity contribution >= 4 is 29.5 Å². The molecule has 0 bridgehead atoms. The lowest BCUT2D eigenvalue weighted by atomic mass is 9.84. The molecular weight excluding hydrogens is 579 g/mol. The van der Waals surface area contributed by atoms with Crippen molar-refractivity contribution in [3.05, 3.63) is 95.1 Å². The normalized spacial score (nSPS) is 13.6. The van der Waals surface area contributed by atoms with Crippen LogP contribution in [0.4, 0.5) is 29.6 Å². The Morgan fingerprint density at radius 3 is 2.11 bits per heavy atom. The van der Waals surface area contributed by atoms with Gasteiger partial charge in [-0.05, 0) is 83.6 Å². The number of ether oxygens (including phenoxy) is 1. The Morgan fingerprint density at radius 1 is 0.864 bits per heavy atom. The van der Waals surface area contributed by atoms with Crippen molar-refractivity contribution < 1.29 is 32.3 Å². The molecule has 0 radical (unpaired) electrons. The third kappa shape index (κ3) is 7.96. The maximum atomic E-state index is 13.5. The molecule has 3 aromatic carbocycles. The lowest BCUT2D eigenvalue weighted by Crippen LogP contribution is -2.42. The van der Waals surface area contributed by atoms with E-state index in [0.717, 1.165) is 37.1 Å². The number of urea groups is 1. The number of hydrogen-bond acceptors (Lipinski definition) is 7. The number of alkyl halides is 3. The minimum atomic E-state index is -4.87. The number of H-pyrrole nitrogens is 1. The van der Waals surface area contributed by atoms with Crippen LogP contribution in [0.5, 0.6) is 5.75 Å². The lowest BCUT2D eigenvalue weighted by molar-refractivity contribution is -0.274. The van der Waals surface area contributed by atoms with Crippen LogP contribution in [0.3, 0.4) is 0 Å². The second-order valence-electron chi connectivity index (χ2n) is 10.2. The van der Waals surface area contributed by atoms with Gasteiger partial charge in [-0.1, -0.05) is 48.6 Å². The second kappa shape index (κ2) is 13.4. The number of rotatable bonds is 8. The van der Waals surface area contributed by atoms with Gasteiger partial charge in [-0.15, -0.1) is 18.3 Å². The zero-order valence-electron chi connectivity index (χ0n) is 23.3. The summed E-state index contributed by atoms with van der Waals surface area (Å²) >= 11 is 0. The molecule has 44 heavy (non-hydrogen) atoms. The minimum Gasteiger partial charge on any atom is -0.406 e. The van der Waals surface area contributed by atoms with Gasteiger partial charge in [0, 0.05) is 16.8 Å². The van der Waals surface area contributed by atoms with Crippen molar-refractivity contribution in [2.75, 3.05) is 10.2 Å². The summed E-state index contributed by atoms with van der Waals surface area (Å²) in [6.45, 7) is 0.0486. The maximum Gasteiger partial charge on any atom is 0.573 e. The molecule has 1 aliphatic carbocycles. The number of benzene rings is 3. The first-order valence-electron chi connectivity index (χ1n) is 13.9. The molecule has 1 aromatic heterocycles. The highest BCUT2D eigenvalue weighted by Crippen LogP contribution is 2.33. The minimum absolute atomic E-state index is 0.0192. The Kier molecular flexibility index (Phi) is 9.17. The van der Waals surface area contributed by atoms with E-state index in [9.17, 15) is 27.6 Å². The molecule has 5 rings (SSSR count). The van der Waals surface area contributed by atoms with Crippen molar-refractivity contribution in [1.29, 1.82) is 0 Å². The number of carbonyl (C=O) groups is 3. The van der Waals surface area contributed by atoms with Gasteiger partial charge in [-0.2, -0.15) is 5.21 Å². The molecule has 11 nitrogen and oxygen atoms in total. The zero-order valence-corrected chi connectivity index (χ0v) is 23.3. The second-order valence-corrected chi connectivity index (χ2v) is 10.2. The van der Waals surface area contributed by atoms with E-state index in [0.29, 0.717) is 22.7 Å². The topological polar surface area (TPSA) is 142 Å². The number of anilines is 2. The van der Waals surface area contributed by atoms with Crippen molar-refractivity contribution in [3.63, 3.8) is 0 Å². The number of amides is 4. The first-order chi connectivity index (χ1) is 21.1. The summed E-state index contributed by atoms with van der Waals surface area (Å²) < 4.78 is 41.3. The molecule has 0 atom stereocenters. The summed E-state index contributed by atoms with van der Waals surface area (Å²) in [6.07, 6.45) is 0.926. The molecular formula is C30H28F3N7O4. The average molecular weight is 608 g/mol. The Hall–Kier alpha value is -5.27. The highest BCUT2D eigenvalue weighted by Gasteiger charge is 2.31. The number of carbonyl (C=O) groups excluding carboxylic acids is 3. The third-order valence-corrected chi connectivity index (χ3v) is 7.22. The number of aromatic nitrogens is 4. The monoisotopic (exact) mass is 607 g/mol. The van der Waals surface area contributed by atoms with Crippen LogP contribution in [-0.4, -0.2) is 44.8 Å². The fourth-order valence-corrected chi connectivity index (χ4v) is 5.02. The van der Waals surface area contributed by atoms with Gasteiger partial charge in [0.2, 0.25) is 0 Å². The van der Waals surface area contributed by atoms with E-state index in [2.05, 4.69) is 36.0 Å². The van der Waals surface area contributed by atoms with Crippen LogP contribution >= 0.6 is 0 Å². The molecule has 0 spiro atoms. The first-order valence-corrected chi connectivity index (χ1v) is 13.9. The van der Waals surface area contributed by atoms with Crippen molar-refractivity contribution in [3.8, 4) is 5.75 Å². The fraction of sp³-hybridized carbons (Fsp3) is 0.267. The molecule has 1 aliphatic rings. The molecule has 4 aromatic rings. The van der Waals surface area contributed by atoms with Gasteiger partial charge < -0.3 is 4.74 Å². The highest BCUT2D eigenvalue weighted by molar-refractivity contribution is 6.09. The molecule has 3 N–H and O–H groups in total. The molecule has 0 unspecified atom stereocenters. The van der Waals surface area contributed by atoms with E-state index in [-0.39, 0.29) is 18.1 Å². The van der Waals surface area contributed by atoms with Gasteiger partial charge in [-0.25, -0.2) is 4.79 Å². The Balaban J connectivity index is 1.32. The average Bonchev–Trinajstić information content (AvgIpc) is 3.53. The Bertz CT molecular complexity index is 1570. The molecule has 0 saturated heterocycles. The van der Waals surface area contributed by atoms with Crippen LogP contribution < -0.4 is 20.3 Å². The molecule has 1 saturated carbocycles. The number of hydrogen-bond donors (Lipinski definition) is 3. The van der Waals surface area contributed by atoms with E-state index < -0.39 is 30.0 Å². The number of halogens is 3. The van der Waals surface area contributed by atoms with Gasteiger partial charge >= 0.3 is 12.4 Å². The summed E-state index contributed by atoms with van der Waals surface area (Å²) in [6, 6.07) is 17.6. The molecule has 1 heterocycles. The standard InChI is InChI=1S/C30H28F3N7O4/c31-30(32,33)44-25-16-12-23(13-17-25)27(42)35-29(43)40(24-14-10-21(11-15-24)20-4-2-1-3-5-20)18-19-6-8-22(9-7-19)26(41)34-28-36-38-39-37-28/h6-17,20H,1-5,18H2,(H,35,42,43)(H2,34,36,37,38,39,41). The SMILES string of the molecule is O=C(NC(=O)N(Cc1ccc(C(=O)Nc2nn[nH]n2)cc1)c1ccc(C2CCCCC2)cc1)c1ccc(OC(F)(F)F)cc1. The molecule has 4 amide bonds. The third-order valence-electron chi connectivity index (χ3n) is 7.22. The van der Waals surface area contributed by atoms with E-state index in [1.54, 1.807) is 24.3 Å². The van der Waals surface area contributed by atoms with Crippen LogP contribution in [0, 0.1) is 0 Å². The van der Waals surface area contributed by atoms with Gasteiger partial charge in [0.05, 0.1) is 6.54 Å². The number of imide groups is 1.